The normalized spacial score (nSPS) is 28.5. The van der Waals surface area contributed by atoms with Gasteiger partial charge in [0.05, 0.1) is 57.4 Å². The average molecular weight is 493 g/mol. The quantitative estimate of drug-likeness (QED) is 0.440. The molecule has 0 radical (unpaired) electrons. The van der Waals surface area contributed by atoms with Crippen molar-refractivity contribution < 1.29 is 32.1 Å². The summed E-state index contributed by atoms with van der Waals surface area (Å²) in [6.45, 7) is 5.80. The topological polar surface area (TPSA) is 53.3 Å². The first-order valence-corrected chi connectivity index (χ1v) is 12.4. The van der Waals surface area contributed by atoms with Gasteiger partial charge in [0.15, 0.2) is 0 Å². The highest BCUT2D eigenvalue weighted by Crippen LogP contribution is 2.44. The second-order valence-electron chi connectivity index (χ2n) is 10.1. The van der Waals surface area contributed by atoms with E-state index < -0.39 is 12.1 Å². The van der Waals surface area contributed by atoms with Crippen LogP contribution in [0, 0.1) is 0 Å². The summed E-state index contributed by atoms with van der Waals surface area (Å²) in [5.41, 5.74) is 2.68. The van der Waals surface area contributed by atoms with Crippen molar-refractivity contribution in [1.82, 2.24) is 4.90 Å². The van der Waals surface area contributed by atoms with Crippen LogP contribution >= 0.6 is 0 Å². The molecule has 5 aliphatic rings. The van der Waals surface area contributed by atoms with E-state index in [0.717, 1.165) is 50.8 Å². The Kier molecular flexibility index (Phi) is 6.28. The van der Waals surface area contributed by atoms with Crippen LogP contribution in [0.15, 0.2) is 47.7 Å². The number of nitrogens with zero attached hydrogens (tertiary/aromatic N) is 2. The van der Waals surface area contributed by atoms with Crippen molar-refractivity contribution in [3.05, 3.63) is 53.3 Å². The number of ether oxygens (including phenoxy) is 4. The number of anilines is 1. The molecule has 1 aromatic rings. The molecule has 0 amide bonds. The molecule has 35 heavy (non-hydrogen) atoms. The summed E-state index contributed by atoms with van der Waals surface area (Å²) in [7, 11) is 0. The van der Waals surface area contributed by atoms with Crippen LogP contribution < -0.4 is 4.90 Å². The summed E-state index contributed by atoms with van der Waals surface area (Å²) in [5.74, 6) is -1.60. The highest BCUT2D eigenvalue weighted by Gasteiger charge is 2.43. The van der Waals surface area contributed by atoms with Gasteiger partial charge in [0.25, 0.3) is 0 Å². The minimum absolute atomic E-state index is 0.198. The standard InChI is InChI=1S/C26H31F3N2O4/c27-26(28,29)25(17-1-5-19(6-2-17)30(9-22-14-33-22)10-23-15-34-23)18-3-7-20(8-4-18)31(11-24-16-35-24)21-12-32-13-21/h1,3-5,7-8,21-25H,2,6,9-16H2. The Morgan fingerprint density at radius 1 is 0.800 bits per heavy atom. The smallest absolute Gasteiger partial charge is 0.377 e. The molecule has 4 fully saturated rings. The van der Waals surface area contributed by atoms with Gasteiger partial charge in [-0.25, -0.2) is 0 Å². The fourth-order valence-electron chi connectivity index (χ4n) is 5.03. The largest absolute Gasteiger partial charge is 0.399 e. The van der Waals surface area contributed by atoms with E-state index in [1.54, 1.807) is 18.2 Å². The molecule has 1 aliphatic carbocycles. The van der Waals surface area contributed by atoms with Gasteiger partial charge in [-0.15, -0.1) is 0 Å². The minimum atomic E-state index is -4.36. The van der Waals surface area contributed by atoms with Crippen molar-refractivity contribution in [2.24, 2.45) is 0 Å². The maximum Gasteiger partial charge on any atom is 0.399 e. The summed E-state index contributed by atoms with van der Waals surface area (Å²) in [5, 5.41) is 0. The number of halogens is 3. The monoisotopic (exact) mass is 492 g/mol. The molecule has 9 heteroatoms. The van der Waals surface area contributed by atoms with Crippen molar-refractivity contribution in [2.45, 2.75) is 49.3 Å². The molecular weight excluding hydrogens is 461 g/mol. The van der Waals surface area contributed by atoms with E-state index in [2.05, 4.69) is 9.80 Å². The minimum Gasteiger partial charge on any atom is -0.377 e. The third-order valence-corrected chi connectivity index (χ3v) is 7.34. The lowest BCUT2D eigenvalue weighted by atomic mass is 9.85. The summed E-state index contributed by atoms with van der Waals surface area (Å²) in [4.78, 5) is 4.42. The molecule has 6 nitrogen and oxygen atoms in total. The molecule has 1 aromatic carbocycles. The van der Waals surface area contributed by atoms with Crippen molar-refractivity contribution >= 4 is 5.69 Å². The lowest BCUT2D eigenvalue weighted by Crippen LogP contribution is -2.50. The summed E-state index contributed by atoms with van der Waals surface area (Å²) in [6, 6.07) is 7.14. The Balaban J connectivity index is 1.20. The van der Waals surface area contributed by atoms with Crippen LogP contribution in [0.2, 0.25) is 0 Å². The number of benzene rings is 1. The van der Waals surface area contributed by atoms with Crippen LogP contribution in [-0.4, -0.2) is 88.1 Å². The highest BCUT2D eigenvalue weighted by atomic mass is 19.4. The van der Waals surface area contributed by atoms with Gasteiger partial charge < -0.3 is 28.7 Å². The Labute approximate surface area is 203 Å². The van der Waals surface area contributed by atoms with Crippen molar-refractivity contribution in [1.29, 1.82) is 0 Å². The molecule has 4 saturated heterocycles. The zero-order valence-electron chi connectivity index (χ0n) is 19.6. The van der Waals surface area contributed by atoms with Gasteiger partial charge in [-0.3, -0.25) is 0 Å². The lowest BCUT2D eigenvalue weighted by Gasteiger charge is -2.39. The molecule has 0 spiro atoms. The third kappa shape index (κ3) is 5.69. The molecular formula is C26H31F3N2O4. The molecule has 190 valence electrons. The van der Waals surface area contributed by atoms with Crippen LogP contribution in [0.4, 0.5) is 18.9 Å². The first kappa shape index (κ1) is 23.3. The molecule has 4 unspecified atom stereocenters. The second kappa shape index (κ2) is 9.42. The Bertz CT molecular complexity index is 950. The van der Waals surface area contributed by atoms with Gasteiger partial charge in [-0.05, 0) is 36.6 Å². The van der Waals surface area contributed by atoms with E-state index in [1.165, 1.54) is 0 Å². The summed E-state index contributed by atoms with van der Waals surface area (Å²) >= 11 is 0. The molecule has 6 rings (SSSR count). The van der Waals surface area contributed by atoms with Crippen LogP contribution in [0.3, 0.4) is 0 Å². The predicted molar refractivity (Wildman–Crippen MR) is 123 cm³/mol. The zero-order chi connectivity index (χ0) is 24.0. The van der Waals surface area contributed by atoms with Crippen molar-refractivity contribution in [3.63, 3.8) is 0 Å². The van der Waals surface area contributed by atoms with E-state index in [-0.39, 0.29) is 29.9 Å². The van der Waals surface area contributed by atoms with Crippen LogP contribution in [0.25, 0.3) is 0 Å². The molecule has 0 aromatic heterocycles. The average Bonchev–Trinajstić information content (AvgIpc) is 3.64. The zero-order valence-corrected chi connectivity index (χ0v) is 19.6. The van der Waals surface area contributed by atoms with Crippen LogP contribution in [-0.2, 0) is 18.9 Å². The van der Waals surface area contributed by atoms with Crippen LogP contribution in [0.5, 0.6) is 0 Å². The molecule has 0 bridgehead atoms. The Morgan fingerprint density at radius 3 is 1.86 bits per heavy atom. The predicted octanol–water partition coefficient (Wildman–Crippen LogP) is 3.64. The van der Waals surface area contributed by atoms with Crippen LogP contribution in [0.1, 0.15) is 24.3 Å². The van der Waals surface area contributed by atoms with E-state index in [4.69, 9.17) is 18.9 Å². The third-order valence-electron chi connectivity index (χ3n) is 7.34. The molecule has 4 heterocycles. The molecule has 0 N–H and O–H groups in total. The highest BCUT2D eigenvalue weighted by molar-refractivity contribution is 5.51. The number of allylic oxidation sites excluding steroid dienone is 4. The number of rotatable bonds is 11. The van der Waals surface area contributed by atoms with Gasteiger partial charge in [0.1, 0.15) is 5.92 Å². The summed E-state index contributed by atoms with van der Waals surface area (Å²) in [6.07, 6.45) is 0.808. The van der Waals surface area contributed by atoms with Gasteiger partial charge >= 0.3 is 6.18 Å². The number of alkyl halides is 3. The second-order valence-corrected chi connectivity index (χ2v) is 10.1. The molecule has 0 saturated carbocycles. The Morgan fingerprint density at radius 2 is 1.40 bits per heavy atom. The SMILES string of the molecule is FC(F)(F)C(C1=CC=C(N(CC2CO2)CC2CO2)CC1)c1ccc(N(CC2CO2)C2COC2)cc1. The van der Waals surface area contributed by atoms with E-state index in [1.807, 2.05) is 18.2 Å². The maximum absolute atomic E-state index is 14.3. The fraction of sp³-hybridized carbons (Fsp3) is 0.615. The molecule has 4 aliphatic heterocycles. The van der Waals surface area contributed by atoms with Gasteiger partial charge in [-0.1, -0.05) is 23.8 Å². The first-order valence-electron chi connectivity index (χ1n) is 12.4. The summed E-state index contributed by atoms with van der Waals surface area (Å²) < 4.78 is 64.3. The maximum atomic E-state index is 14.3. The number of hydrogen-bond donors (Lipinski definition) is 0. The van der Waals surface area contributed by atoms with Crippen molar-refractivity contribution in [2.75, 3.05) is 57.6 Å². The number of epoxide rings is 3. The Hall–Kier alpha value is -2.07. The molecule has 4 atom stereocenters. The lowest BCUT2D eigenvalue weighted by molar-refractivity contribution is -0.142. The van der Waals surface area contributed by atoms with Gasteiger partial charge in [0, 0.05) is 31.0 Å². The first-order chi connectivity index (χ1) is 16.9. The van der Waals surface area contributed by atoms with E-state index in [9.17, 15) is 13.2 Å². The van der Waals surface area contributed by atoms with Gasteiger partial charge in [-0.2, -0.15) is 13.2 Å². The fourth-order valence-corrected chi connectivity index (χ4v) is 5.03. The van der Waals surface area contributed by atoms with Gasteiger partial charge in [0.2, 0.25) is 0 Å². The van der Waals surface area contributed by atoms with Crippen molar-refractivity contribution in [3.8, 4) is 0 Å². The van der Waals surface area contributed by atoms with E-state index >= 15 is 0 Å². The number of hydrogen-bond acceptors (Lipinski definition) is 6. The van der Waals surface area contributed by atoms with E-state index in [0.29, 0.717) is 31.6 Å².